The normalized spacial score (nSPS) is 8.38. The zero-order chi connectivity index (χ0) is 8.97. The Balaban J connectivity index is 0.00000144. The van der Waals surface area contributed by atoms with Crippen LogP contribution in [-0.2, 0) is 15.9 Å². The summed E-state index contributed by atoms with van der Waals surface area (Å²) in [6, 6.07) is 6.82. The van der Waals surface area contributed by atoms with Crippen molar-refractivity contribution in [3.05, 3.63) is 29.8 Å². The molecule has 0 aromatic heterocycles. The molecule has 0 amide bonds. The van der Waals surface area contributed by atoms with Gasteiger partial charge in [-0.25, -0.2) is 5.41 Å². The summed E-state index contributed by atoms with van der Waals surface area (Å²) < 4.78 is 15.2. The number of hydrogen-bond donors (Lipinski definition) is 1. The van der Waals surface area contributed by atoms with E-state index in [-0.39, 0.29) is 54.4 Å². The van der Waals surface area contributed by atoms with E-state index in [1.807, 2.05) is 0 Å². The molecule has 0 aliphatic carbocycles. The van der Waals surface area contributed by atoms with Crippen molar-refractivity contribution in [3.8, 4) is 5.75 Å². The molecule has 0 bridgehead atoms. The Hall–Kier alpha value is -0.0303. The molecule has 13 heavy (non-hydrogen) atoms. The van der Waals surface area contributed by atoms with E-state index in [0.717, 1.165) is 5.75 Å². The third-order valence-electron chi connectivity index (χ3n) is 1.44. The first kappa shape index (κ1) is 13.0. The molecule has 5 heteroatoms. The van der Waals surface area contributed by atoms with Crippen LogP contribution in [0.15, 0.2) is 24.3 Å². The minimum atomic E-state index is 0. The smallest absolute Gasteiger partial charge is 0.497 e. The Labute approximate surface area is 110 Å². The fourth-order valence-corrected chi connectivity index (χ4v) is 1.02. The number of hydrogen-bond acceptors (Lipinski definition) is 3. The van der Waals surface area contributed by atoms with Crippen LogP contribution < -0.4 is 4.74 Å². The van der Waals surface area contributed by atoms with E-state index in [4.69, 9.17) is 10.1 Å². The fourth-order valence-electron chi connectivity index (χ4n) is 0.791. The van der Waals surface area contributed by atoms with E-state index in [2.05, 4.69) is 0 Å². The molecule has 70 valence electrons. The first-order valence-corrected chi connectivity index (χ1v) is 4.05. The van der Waals surface area contributed by atoms with E-state index in [1.54, 1.807) is 31.4 Å². The van der Waals surface area contributed by atoms with Crippen LogP contribution in [0.25, 0.3) is 0 Å². The Bertz CT molecular complexity index is 300. The van der Waals surface area contributed by atoms with Gasteiger partial charge in [-0.05, 0) is 24.3 Å². The molecule has 0 aliphatic rings. The summed E-state index contributed by atoms with van der Waals surface area (Å²) >= 11 is 0.184. The van der Waals surface area contributed by atoms with Gasteiger partial charge in [0, 0.05) is 41.9 Å². The molecule has 0 saturated heterocycles. The van der Waals surface area contributed by atoms with Gasteiger partial charge in [-0.1, -0.05) is 0 Å². The Morgan fingerprint density at radius 2 is 1.92 bits per heavy atom. The molecular formula is C8H8ArNO2S+. The second-order valence-corrected chi connectivity index (χ2v) is 2.72. The monoisotopic (exact) mass is 222 g/mol. The first-order chi connectivity index (χ1) is 5.77. The summed E-state index contributed by atoms with van der Waals surface area (Å²) in [5.74, 6) is 0.724. The van der Waals surface area contributed by atoms with Crippen LogP contribution in [0.2, 0.25) is 0 Å². The zero-order valence-electron chi connectivity index (χ0n) is 6.89. The van der Waals surface area contributed by atoms with Crippen molar-refractivity contribution in [2.75, 3.05) is 7.11 Å². The first-order valence-electron chi connectivity index (χ1n) is 3.30. The minimum absolute atomic E-state index is 0. The molecule has 0 aliphatic heterocycles. The van der Waals surface area contributed by atoms with Crippen LogP contribution in [0, 0.1) is 43.1 Å². The largest absolute Gasteiger partial charge is 0.527 e. The quantitative estimate of drug-likeness (QED) is 0.467. The third kappa shape index (κ3) is 3.68. The topological polar surface area (TPSA) is 50.1 Å². The van der Waals surface area contributed by atoms with Gasteiger partial charge >= 0.3 is 16.7 Å². The second kappa shape index (κ2) is 6.43. The summed E-state index contributed by atoms with van der Waals surface area (Å²) in [7, 11) is 1.57. The molecule has 0 spiro atoms. The SMILES string of the molecule is COc1ccc(C(=N)[S+]=O)cc1.[Ar]. The van der Waals surface area contributed by atoms with Crippen LogP contribution in [0.3, 0.4) is 0 Å². The van der Waals surface area contributed by atoms with E-state index in [9.17, 15) is 4.21 Å². The van der Waals surface area contributed by atoms with Gasteiger partial charge in [0.1, 0.15) is 5.75 Å². The van der Waals surface area contributed by atoms with Crippen molar-refractivity contribution in [1.82, 2.24) is 0 Å². The Morgan fingerprint density at radius 1 is 1.38 bits per heavy atom. The van der Waals surface area contributed by atoms with Crippen molar-refractivity contribution in [1.29, 1.82) is 5.41 Å². The van der Waals surface area contributed by atoms with E-state index in [1.165, 1.54) is 0 Å². The number of rotatable bonds is 2. The van der Waals surface area contributed by atoms with Gasteiger partial charge in [-0.3, -0.25) is 0 Å². The average Bonchev–Trinajstić information content (AvgIpc) is 2.17. The van der Waals surface area contributed by atoms with E-state index < -0.39 is 0 Å². The maximum Gasteiger partial charge on any atom is 0.527 e. The van der Waals surface area contributed by atoms with Gasteiger partial charge in [-0.15, -0.1) is 0 Å². The second-order valence-electron chi connectivity index (χ2n) is 2.14. The van der Waals surface area contributed by atoms with Gasteiger partial charge in [0.15, 0.2) is 0 Å². The van der Waals surface area contributed by atoms with E-state index in [0.29, 0.717) is 5.56 Å². The van der Waals surface area contributed by atoms with Crippen LogP contribution in [0.1, 0.15) is 5.56 Å². The molecule has 1 aromatic carbocycles. The van der Waals surface area contributed by atoms with E-state index >= 15 is 0 Å². The molecule has 3 nitrogen and oxygen atoms in total. The maximum atomic E-state index is 10.2. The molecule has 0 atom stereocenters. The predicted molar refractivity (Wildman–Crippen MR) is 47.9 cm³/mol. The Kier molecular flexibility index (Phi) is 6.41. The van der Waals surface area contributed by atoms with Crippen molar-refractivity contribution in [3.63, 3.8) is 0 Å². The van der Waals surface area contributed by atoms with Gasteiger partial charge in [-0.2, -0.15) is 0 Å². The Morgan fingerprint density at radius 3 is 2.31 bits per heavy atom. The number of methoxy groups -OCH3 is 1. The molecule has 0 fully saturated rings. The van der Waals surface area contributed by atoms with Crippen LogP contribution in [0.4, 0.5) is 0 Å². The van der Waals surface area contributed by atoms with Crippen molar-refractivity contribution >= 4 is 16.7 Å². The molecule has 0 unspecified atom stereocenters. The molecule has 0 saturated carbocycles. The summed E-state index contributed by atoms with van der Waals surface area (Å²) in [5.41, 5.74) is 0.621. The summed E-state index contributed by atoms with van der Waals surface area (Å²) in [6.45, 7) is 0. The fraction of sp³-hybridized carbons (Fsp3) is 0.125. The number of nitrogens with one attached hydrogen (secondary N) is 1. The average molecular weight is 222 g/mol. The molecule has 0 radical (unpaired) electrons. The summed E-state index contributed by atoms with van der Waals surface area (Å²) in [4.78, 5) is 0. The van der Waals surface area contributed by atoms with Gasteiger partial charge in [0.2, 0.25) is 0 Å². The van der Waals surface area contributed by atoms with Gasteiger partial charge in [0.25, 0.3) is 0 Å². The van der Waals surface area contributed by atoms with Crippen LogP contribution in [-0.4, -0.2) is 12.2 Å². The number of ether oxygens (including phenoxy) is 1. The maximum absolute atomic E-state index is 10.2. The zero-order valence-corrected chi connectivity index (χ0v) is 8.41. The van der Waals surface area contributed by atoms with Crippen LogP contribution in [0.5, 0.6) is 5.75 Å². The van der Waals surface area contributed by atoms with Crippen LogP contribution >= 0.6 is 0 Å². The third-order valence-corrected chi connectivity index (χ3v) is 1.84. The molecular weight excluding hydrogens is 214 g/mol. The molecule has 1 N–H and O–H groups in total. The number of benzene rings is 1. The van der Waals surface area contributed by atoms with Crippen molar-refractivity contribution < 1.29 is 46.7 Å². The van der Waals surface area contributed by atoms with Crippen molar-refractivity contribution in [2.45, 2.75) is 0 Å². The van der Waals surface area contributed by atoms with Crippen molar-refractivity contribution in [2.24, 2.45) is 0 Å². The van der Waals surface area contributed by atoms with Gasteiger partial charge in [0.05, 0.1) is 12.7 Å². The molecule has 1 rings (SSSR count). The molecule has 1 aromatic rings. The minimum Gasteiger partial charge on any atom is -0.497 e. The standard InChI is InChI=1S/C8H8NO2S.Ar/c1-11-7-4-2-6(3-5-7)8(9)12-10;/h2-5,9H,1H3;/q+1;. The molecule has 0 heterocycles. The van der Waals surface area contributed by atoms with Gasteiger partial charge < -0.3 is 4.74 Å². The predicted octanol–water partition coefficient (Wildman–Crippen LogP) is 1.45. The summed E-state index contributed by atoms with van der Waals surface area (Å²) in [5, 5.41) is 7.24. The summed E-state index contributed by atoms with van der Waals surface area (Å²) in [6.07, 6.45) is 0.